The van der Waals surface area contributed by atoms with Crippen LogP contribution in [0.4, 0.5) is 17.5 Å². The molecule has 0 unspecified atom stereocenters. The predicted molar refractivity (Wildman–Crippen MR) is 76.3 cm³/mol. The highest BCUT2D eigenvalue weighted by Crippen LogP contribution is 2.27. The van der Waals surface area contributed by atoms with Crippen LogP contribution in [0.3, 0.4) is 0 Å². The molecule has 2 aromatic rings. The van der Waals surface area contributed by atoms with Gasteiger partial charge in [0, 0.05) is 10.7 Å². The zero-order valence-electron chi connectivity index (χ0n) is 8.98. The molecule has 7 heteroatoms. The Morgan fingerprint density at radius 2 is 2.11 bits per heavy atom. The van der Waals surface area contributed by atoms with Crippen molar-refractivity contribution in [3.63, 3.8) is 0 Å². The summed E-state index contributed by atoms with van der Waals surface area (Å²) in [6.45, 7) is 0. The molecule has 1 aromatic heterocycles. The van der Waals surface area contributed by atoms with Gasteiger partial charge in [-0.1, -0.05) is 15.9 Å². The average Bonchev–Trinajstić information content (AvgIpc) is 2.34. The molecule has 1 heterocycles. The van der Waals surface area contributed by atoms with Crippen molar-refractivity contribution in [2.45, 2.75) is 0 Å². The minimum Gasteiger partial charge on any atom is -0.368 e. The monoisotopic (exact) mass is 367 g/mol. The molecule has 18 heavy (non-hydrogen) atoms. The van der Waals surface area contributed by atoms with Crippen LogP contribution < -0.4 is 11.1 Å². The molecule has 0 spiro atoms. The molecule has 5 nitrogen and oxygen atoms in total. The number of aromatic nitrogens is 2. The number of nitriles is 1. The van der Waals surface area contributed by atoms with Gasteiger partial charge in [0.05, 0.1) is 15.7 Å². The second-order valence-corrected chi connectivity index (χ2v) is 5.12. The van der Waals surface area contributed by atoms with E-state index < -0.39 is 0 Å². The lowest BCUT2D eigenvalue weighted by Crippen LogP contribution is -2.01. The van der Waals surface area contributed by atoms with Gasteiger partial charge in [-0.05, 0) is 34.1 Å². The summed E-state index contributed by atoms with van der Waals surface area (Å²) in [4.78, 5) is 7.90. The second kappa shape index (κ2) is 5.33. The summed E-state index contributed by atoms with van der Waals surface area (Å²) in [6, 6.07) is 7.41. The third-order valence-electron chi connectivity index (χ3n) is 2.12. The number of hydrogen-bond donors (Lipinski definition) is 2. The summed E-state index contributed by atoms with van der Waals surface area (Å²) in [5, 5.41) is 12.1. The first-order valence-corrected chi connectivity index (χ1v) is 6.43. The normalized spacial score (nSPS) is 9.83. The molecule has 1 aromatic carbocycles. The highest BCUT2D eigenvalue weighted by Gasteiger charge is 2.07. The van der Waals surface area contributed by atoms with Gasteiger partial charge in [-0.3, -0.25) is 0 Å². The van der Waals surface area contributed by atoms with Crippen molar-refractivity contribution in [2.24, 2.45) is 0 Å². The fourth-order valence-electron chi connectivity index (χ4n) is 1.31. The molecule has 0 radical (unpaired) electrons. The van der Waals surface area contributed by atoms with Gasteiger partial charge >= 0.3 is 0 Å². The van der Waals surface area contributed by atoms with Crippen molar-refractivity contribution in [1.82, 2.24) is 9.97 Å². The summed E-state index contributed by atoms with van der Waals surface area (Å²) < 4.78 is 1.53. The molecule has 0 fully saturated rings. The maximum absolute atomic E-state index is 9.04. The highest BCUT2D eigenvalue weighted by atomic mass is 79.9. The third kappa shape index (κ3) is 2.78. The standard InChI is InChI=1S/C11H7Br2N5/c12-7-2-1-6(4-14)9(3-7)17-10-8(13)5-16-11(15)18-10/h1-3,5H,(H3,15,16,17,18). The van der Waals surface area contributed by atoms with E-state index in [1.165, 1.54) is 0 Å². The molecule has 90 valence electrons. The Hall–Kier alpha value is -1.65. The maximum atomic E-state index is 9.04. The number of nitrogens with one attached hydrogen (secondary N) is 1. The third-order valence-corrected chi connectivity index (χ3v) is 3.19. The fraction of sp³-hybridized carbons (Fsp3) is 0. The van der Waals surface area contributed by atoms with E-state index >= 15 is 0 Å². The van der Waals surface area contributed by atoms with Crippen LogP contribution in [-0.4, -0.2) is 9.97 Å². The molecule has 0 aliphatic rings. The Kier molecular flexibility index (Phi) is 3.79. The molecular weight excluding hydrogens is 362 g/mol. The van der Waals surface area contributed by atoms with Crippen LogP contribution >= 0.6 is 31.9 Å². The lowest BCUT2D eigenvalue weighted by atomic mass is 10.2. The van der Waals surface area contributed by atoms with Crippen LogP contribution in [0.5, 0.6) is 0 Å². The topological polar surface area (TPSA) is 87.6 Å². The van der Waals surface area contributed by atoms with Crippen LogP contribution in [0, 0.1) is 11.3 Å². The van der Waals surface area contributed by atoms with Gasteiger partial charge in [-0.2, -0.15) is 10.2 Å². The first-order chi connectivity index (χ1) is 8.60. The minimum atomic E-state index is 0.161. The van der Waals surface area contributed by atoms with E-state index in [-0.39, 0.29) is 5.95 Å². The Labute approximate surface area is 120 Å². The zero-order valence-corrected chi connectivity index (χ0v) is 12.2. The second-order valence-electron chi connectivity index (χ2n) is 3.35. The maximum Gasteiger partial charge on any atom is 0.222 e. The smallest absolute Gasteiger partial charge is 0.222 e. The summed E-state index contributed by atoms with van der Waals surface area (Å²) in [5.74, 6) is 0.673. The molecule has 0 aliphatic heterocycles. The van der Waals surface area contributed by atoms with Gasteiger partial charge in [0.25, 0.3) is 0 Å². The molecule has 0 saturated heterocycles. The Balaban J connectivity index is 2.43. The highest BCUT2D eigenvalue weighted by molar-refractivity contribution is 9.10. The van der Waals surface area contributed by atoms with Crippen LogP contribution in [0.25, 0.3) is 0 Å². The van der Waals surface area contributed by atoms with E-state index in [4.69, 9.17) is 11.0 Å². The SMILES string of the molecule is N#Cc1ccc(Br)cc1Nc1nc(N)ncc1Br. The largest absolute Gasteiger partial charge is 0.368 e. The molecular formula is C11H7Br2N5. The minimum absolute atomic E-state index is 0.161. The van der Waals surface area contributed by atoms with Crippen molar-refractivity contribution in [2.75, 3.05) is 11.1 Å². The lowest BCUT2D eigenvalue weighted by Gasteiger charge is -2.09. The van der Waals surface area contributed by atoms with Gasteiger partial charge in [0.1, 0.15) is 11.9 Å². The van der Waals surface area contributed by atoms with Gasteiger partial charge in [-0.25, -0.2) is 4.98 Å². The van der Waals surface area contributed by atoms with E-state index in [9.17, 15) is 0 Å². The quantitative estimate of drug-likeness (QED) is 0.849. The van der Waals surface area contributed by atoms with Crippen molar-refractivity contribution >= 4 is 49.3 Å². The van der Waals surface area contributed by atoms with Crippen molar-refractivity contribution in [3.05, 3.63) is 38.9 Å². The van der Waals surface area contributed by atoms with Crippen LogP contribution in [0.15, 0.2) is 33.3 Å². The number of hydrogen-bond acceptors (Lipinski definition) is 5. The van der Waals surface area contributed by atoms with Crippen LogP contribution in [0.1, 0.15) is 5.56 Å². The first kappa shape index (κ1) is 12.8. The number of halogens is 2. The van der Waals surface area contributed by atoms with Crippen molar-refractivity contribution in [1.29, 1.82) is 5.26 Å². The molecule has 0 bridgehead atoms. The van der Waals surface area contributed by atoms with Gasteiger partial charge in [0.15, 0.2) is 0 Å². The Morgan fingerprint density at radius 1 is 1.33 bits per heavy atom. The molecule has 0 aliphatic carbocycles. The molecule has 0 atom stereocenters. The van der Waals surface area contributed by atoms with Gasteiger partial charge in [0.2, 0.25) is 5.95 Å². The summed E-state index contributed by atoms with van der Waals surface area (Å²) in [7, 11) is 0. The number of anilines is 3. The average molecular weight is 369 g/mol. The number of nitrogens with two attached hydrogens (primary N) is 1. The number of nitrogen functional groups attached to an aromatic ring is 1. The van der Waals surface area contributed by atoms with E-state index in [1.807, 2.05) is 0 Å². The number of rotatable bonds is 2. The van der Waals surface area contributed by atoms with Gasteiger partial charge in [-0.15, -0.1) is 0 Å². The summed E-state index contributed by atoms with van der Waals surface area (Å²) >= 11 is 6.67. The van der Waals surface area contributed by atoms with Crippen molar-refractivity contribution < 1.29 is 0 Å². The van der Waals surface area contributed by atoms with E-state index in [1.54, 1.807) is 24.4 Å². The molecule has 0 amide bonds. The number of nitrogens with zero attached hydrogens (tertiary/aromatic N) is 3. The van der Waals surface area contributed by atoms with E-state index in [2.05, 4.69) is 53.2 Å². The van der Waals surface area contributed by atoms with Crippen LogP contribution in [0.2, 0.25) is 0 Å². The Morgan fingerprint density at radius 3 is 2.83 bits per heavy atom. The molecule has 0 saturated carbocycles. The first-order valence-electron chi connectivity index (χ1n) is 4.85. The van der Waals surface area contributed by atoms with E-state index in [0.717, 1.165) is 4.47 Å². The molecule has 3 N–H and O–H groups in total. The fourth-order valence-corrected chi connectivity index (χ4v) is 1.96. The predicted octanol–water partition coefficient (Wildman–Crippen LogP) is 3.20. The van der Waals surface area contributed by atoms with Crippen molar-refractivity contribution in [3.8, 4) is 6.07 Å². The summed E-state index contributed by atoms with van der Waals surface area (Å²) in [5.41, 5.74) is 6.68. The van der Waals surface area contributed by atoms with Gasteiger partial charge < -0.3 is 11.1 Å². The van der Waals surface area contributed by atoms with Crippen LogP contribution in [-0.2, 0) is 0 Å². The zero-order chi connectivity index (χ0) is 13.1. The lowest BCUT2D eigenvalue weighted by molar-refractivity contribution is 1.17. The number of benzene rings is 1. The Bertz CT molecular complexity index is 636. The van der Waals surface area contributed by atoms with E-state index in [0.29, 0.717) is 21.5 Å². The molecule has 2 rings (SSSR count). The summed E-state index contributed by atoms with van der Waals surface area (Å²) in [6.07, 6.45) is 1.55.